The van der Waals surface area contributed by atoms with E-state index in [1.54, 1.807) is 10.9 Å². The van der Waals surface area contributed by atoms with Crippen molar-refractivity contribution in [2.24, 2.45) is 0 Å². The Hall–Kier alpha value is -1.35. The third-order valence-corrected chi connectivity index (χ3v) is 2.00. The lowest BCUT2D eigenvalue weighted by Gasteiger charge is -2.02. The molecule has 0 aliphatic carbocycles. The van der Waals surface area contributed by atoms with Gasteiger partial charge in [0.15, 0.2) is 5.15 Å². The van der Waals surface area contributed by atoms with Crippen molar-refractivity contribution in [1.29, 1.82) is 0 Å². The molecule has 2 rings (SSSR count). The van der Waals surface area contributed by atoms with E-state index >= 15 is 0 Å². The summed E-state index contributed by atoms with van der Waals surface area (Å²) in [5.74, 6) is 0. The molecule has 13 heavy (non-hydrogen) atoms. The van der Waals surface area contributed by atoms with Crippen LogP contribution in [0.1, 0.15) is 5.56 Å². The van der Waals surface area contributed by atoms with Crippen LogP contribution in [0.4, 0.5) is 0 Å². The highest BCUT2D eigenvalue weighted by Crippen LogP contribution is 2.13. The van der Waals surface area contributed by atoms with Gasteiger partial charge >= 0.3 is 0 Å². The Labute approximate surface area is 81.0 Å². The molecule has 0 spiro atoms. The molecule has 0 aliphatic heterocycles. The van der Waals surface area contributed by atoms with E-state index in [0.29, 0.717) is 5.15 Å². The van der Waals surface area contributed by atoms with Gasteiger partial charge in [-0.1, -0.05) is 35.0 Å². The van der Waals surface area contributed by atoms with Crippen LogP contribution in [0.15, 0.2) is 30.5 Å². The van der Waals surface area contributed by atoms with Gasteiger partial charge in [-0.25, -0.2) is 4.68 Å². The van der Waals surface area contributed by atoms with Gasteiger partial charge in [0.25, 0.3) is 0 Å². The molecule has 0 amide bonds. The number of hydrogen-bond donors (Lipinski definition) is 0. The summed E-state index contributed by atoms with van der Waals surface area (Å²) in [4.78, 5) is 0. The average Bonchev–Trinajstić information content (AvgIpc) is 2.53. The lowest BCUT2D eigenvalue weighted by atomic mass is 10.2. The van der Waals surface area contributed by atoms with Crippen molar-refractivity contribution in [3.8, 4) is 5.69 Å². The summed E-state index contributed by atoms with van der Waals surface area (Å²) in [7, 11) is 0. The molecule has 0 N–H and O–H groups in total. The Morgan fingerprint density at radius 3 is 2.69 bits per heavy atom. The van der Waals surface area contributed by atoms with Crippen LogP contribution in [0.5, 0.6) is 0 Å². The molecule has 0 saturated carbocycles. The van der Waals surface area contributed by atoms with E-state index in [1.807, 2.05) is 31.2 Å². The first-order chi connectivity index (χ1) is 6.27. The molecule has 3 nitrogen and oxygen atoms in total. The van der Waals surface area contributed by atoms with Crippen LogP contribution in [-0.4, -0.2) is 15.0 Å². The first-order valence-corrected chi connectivity index (χ1v) is 4.29. The van der Waals surface area contributed by atoms with Gasteiger partial charge in [-0.3, -0.25) is 0 Å². The van der Waals surface area contributed by atoms with Crippen molar-refractivity contribution in [2.75, 3.05) is 0 Å². The second kappa shape index (κ2) is 3.18. The molecular weight excluding hydrogens is 186 g/mol. The lowest BCUT2D eigenvalue weighted by Crippen LogP contribution is -1.96. The maximum Gasteiger partial charge on any atom is 0.171 e. The summed E-state index contributed by atoms with van der Waals surface area (Å²) in [6.07, 6.45) is 1.68. The third-order valence-electron chi connectivity index (χ3n) is 1.83. The molecule has 1 heterocycles. The van der Waals surface area contributed by atoms with Crippen molar-refractivity contribution >= 4 is 11.6 Å². The molecule has 0 unspecified atom stereocenters. The minimum atomic E-state index is 0.406. The smallest absolute Gasteiger partial charge is 0.171 e. The van der Waals surface area contributed by atoms with Gasteiger partial charge in [0, 0.05) is 0 Å². The fourth-order valence-electron chi connectivity index (χ4n) is 1.18. The van der Waals surface area contributed by atoms with Crippen LogP contribution in [0.2, 0.25) is 5.15 Å². The van der Waals surface area contributed by atoms with E-state index in [0.717, 1.165) is 11.3 Å². The molecule has 0 bridgehead atoms. The van der Waals surface area contributed by atoms with E-state index in [1.165, 1.54) is 0 Å². The van der Waals surface area contributed by atoms with Crippen molar-refractivity contribution in [3.63, 3.8) is 0 Å². The minimum absolute atomic E-state index is 0.406. The second-order valence-electron chi connectivity index (χ2n) is 2.77. The van der Waals surface area contributed by atoms with Crippen molar-refractivity contribution in [3.05, 3.63) is 41.2 Å². The minimum Gasteiger partial charge on any atom is -0.219 e. The second-order valence-corrected chi connectivity index (χ2v) is 3.16. The summed E-state index contributed by atoms with van der Waals surface area (Å²) in [6.45, 7) is 2.02. The first kappa shape index (κ1) is 8.26. The summed E-state index contributed by atoms with van der Waals surface area (Å²) in [6, 6.07) is 7.93. The molecular formula is C9H8ClN3. The Bertz CT molecular complexity index is 422. The van der Waals surface area contributed by atoms with Gasteiger partial charge < -0.3 is 0 Å². The van der Waals surface area contributed by atoms with Gasteiger partial charge in [-0.2, -0.15) is 0 Å². The maximum absolute atomic E-state index is 5.67. The van der Waals surface area contributed by atoms with Crippen molar-refractivity contribution < 1.29 is 0 Å². The van der Waals surface area contributed by atoms with Crippen LogP contribution in [0, 0.1) is 6.92 Å². The highest BCUT2D eigenvalue weighted by atomic mass is 35.5. The molecule has 4 heteroatoms. The summed E-state index contributed by atoms with van der Waals surface area (Å²) >= 11 is 5.67. The van der Waals surface area contributed by atoms with Crippen LogP contribution >= 0.6 is 11.6 Å². The molecule has 2 aromatic rings. The molecule has 1 aromatic heterocycles. The average molecular weight is 194 g/mol. The number of benzene rings is 1. The van der Waals surface area contributed by atoms with Crippen LogP contribution in [0.3, 0.4) is 0 Å². The van der Waals surface area contributed by atoms with Crippen molar-refractivity contribution in [2.45, 2.75) is 6.92 Å². The van der Waals surface area contributed by atoms with Crippen LogP contribution in [-0.2, 0) is 0 Å². The number of para-hydroxylation sites is 1. The zero-order valence-electron chi connectivity index (χ0n) is 7.11. The number of aryl methyl sites for hydroxylation is 1. The van der Waals surface area contributed by atoms with Gasteiger partial charge in [-0.05, 0) is 18.6 Å². The van der Waals surface area contributed by atoms with Crippen molar-refractivity contribution in [1.82, 2.24) is 15.0 Å². The van der Waals surface area contributed by atoms with E-state index in [2.05, 4.69) is 10.3 Å². The predicted octanol–water partition coefficient (Wildman–Crippen LogP) is 2.23. The molecule has 0 radical (unpaired) electrons. The third kappa shape index (κ3) is 1.55. The maximum atomic E-state index is 5.67. The molecule has 0 fully saturated rings. The SMILES string of the molecule is Cc1ccccc1-n1cc(Cl)nn1. The first-order valence-electron chi connectivity index (χ1n) is 3.91. The van der Waals surface area contributed by atoms with Crippen LogP contribution in [0.25, 0.3) is 5.69 Å². The predicted molar refractivity (Wildman–Crippen MR) is 51.1 cm³/mol. The zero-order chi connectivity index (χ0) is 9.26. The number of halogens is 1. The summed E-state index contributed by atoms with van der Waals surface area (Å²) < 4.78 is 1.66. The fourth-order valence-corrected chi connectivity index (χ4v) is 1.31. The van der Waals surface area contributed by atoms with Gasteiger partial charge in [-0.15, -0.1) is 5.10 Å². The molecule has 0 aliphatic rings. The molecule has 66 valence electrons. The summed E-state index contributed by atoms with van der Waals surface area (Å²) in [5.41, 5.74) is 2.14. The van der Waals surface area contributed by atoms with E-state index in [4.69, 9.17) is 11.6 Å². The number of hydrogen-bond acceptors (Lipinski definition) is 2. The van der Waals surface area contributed by atoms with Crippen LogP contribution < -0.4 is 0 Å². The van der Waals surface area contributed by atoms with Gasteiger partial charge in [0.05, 0.1) is 11.9 Å². The topological polar surface area (TPSA) is 30.7 Å². The van der Waals surface area contributed by atoms with E-state index in [-0.39, 0.29) is 0 Å². The fraction of sp³-hybridized carbons (Fsp3) is 0.111. The number of aromatic nitrogens is 3. The molecule has 0 atom stereocenters. The summed E-state index contributed by atoms with van der Waals surface area (Å²) in [5, 5.41) is 8.00. The molecule has 1 aromatic carbocycles. The van der Waals surface area contributed by atoms with Gasteiger partial charge in [0.1, 0.15) is 0 Å². The quantitative estimate of drug-likeness (QED) is 0.696. The number of rotatable bonds is 1. The standard InChI is InChI=1S/C9H8ClN3/c1-7-4-2-3-5-8(7)13-6-9(10)11-12-13/h2-6H,1H3. The van der Waals surface area contributed by atoms with E-state index < -0.39 is 0 Å². The van der Waals surface area contributed by atoms with Gasteiger partial charge in [0.2, 0.25) is 0 Å². The Morgan fingerprint density at radius 2 is 2.08 bits per heavy atom. The molecule has 0 saturated heterocycles. The normalized spacial score (nSPS) is 10.3. The Kier molecular flexibility index (Phi) is 2.02. The van der Waals surface area contributed by atoms with E-state index in [9.17, 15) is 0 Å². The largest absolute Gasteiger partial charge is 0.219 e. The highest BCUT2D eigenvalue weighted by Gasteiger charge is 2.01. The Balaban J connectivity index is 2.52. The monoisotopic (exact) mass is 193 g/mol. The lowest BCUT2D eigenvalue weighted by molar-refractivity contribution is 0.798. The number of nitrogens with zero attached hydrogens (tertiary/aromatic N) is 3. The zero-order valence-corrected chi connectivity index (χ0v) is 7.86. The highest BCUT2D eigenvalue weighted by molar-refractivity contribution is 6.29. The Morgan fingerprint density at radius 1 is 1.31 bits per heavy atom.